The van der Waals surface area contributed by atoms with Crippen LogP contribution in [-0.4, -0.2) is 38.7 Å². The van der Waals surface area contributed by atoms with E-state index in [1.807, 2.05) is 13.0 Å². The van der Waals surface area contributed by atoms with Crippen LogP contribution in [0, 0.1) is 6.92 Å². The predicted octanol–water partition coefficient (Wildman–Crippen LogP) is 1.84. The molecular weight excluding hydrogens is 260 g/mol. The lowest BCUT2D eigenvalue weighted by molar-refractivity contribution is 0.340. The van der Waals surface area contributed by atoms with Crippen LogP contribution in [0.15, 0.2) is 23.1 Å². The number of sulfone groups is 1. The summed E-state index contributed by atoms with van der Waals surface area (Å²) >= 11 is 0. The van der Waals surface area contributed by atoms with Crippen molar-refractivity contribution in [1.82, 2.24) is 4.90 Å². The second-order valence-electron chi connectivity index (χ2n) is 5.26. The molecule has 0 aliphatic carbocycles. The highest BCUT2D eigenvalue weighted by atomic mass is 32.2. The van der Waals surface area contributed by atoms with Gasteiger partial charge in [-0.3, -0.25) is 0 Å². The third-order valence-electron chi connectivity index (χ3n) is 3.59. The van der Waals surface area contributed by atoms with Crippen LogP contribution in [0.3, 0.4) is 0 Å². The summed E-state index contributed by atoms with van der Waals surface area (Å²) in [4.78, 5) is 2.61. The van der Waals surface area contributed by atoms with Crippen molar-refractivity contribution in [2.45, 2.75) is 31.1 Å². The molecule has 1 aromatic carbocycles. The molecule has 0 unspecified atom stereocenters. The minimum Gasteiger partial charge on any atom is -0.398 e. The first-order valence-corrected chi connectivity index (χ1v) is 8.45. The van der Waals surface area contributed by atoms with Crippen molar-refractivity contribution < 1.29 is 8.42 Å². The van der Waals surface area contributed by atoms with Gasteiger partial charge in [0, 0.05) is 0 Å². The summed E-state index contributed by atoms with van der Waals surface area (Å²) in [5.41, 5.74) is 7.06. The van der Waals surface area contributed by atoms with Gasteiger partial charge < -0.3 is 10.6 Å². The third-order valence-corrected chi connectivity index (χ3v) is 5.44. The number of hydrogen-bond acceptors (Lipinski definition) is 4. The van der Waals surface area contributed by atoms with E-state index in [0.717, 1.165) is 25.2 Å². The molecule has 1 saturated heterocycles. The topological polar surface area (TPSA) is 63.4 Å². The fourth-order valence-corrected chi connectivity index (χ4v) is 4.03. The van der Waals surface area contributed by atoms with E-state index in [1.54, 1.807) is 12.1 Å². The Morgan fingerprint density at radius 3 is 2.63 bits per heavy atom. The lowest BCUT2D eigenvalue weighted by Crippen LogP contribution is -2.22. The summed E-state index contributed by atoms with van der Waals surface area (Å²) in [5.74, 6) is 0.178. The number of nitrogens with zero attached hydrogens (tertiary/aromatic N) is 1. The van der Waals surface area contributed by atoms with Gasteiger partial charge in [-0.2, -0.15) is 0 Å². The molecule has 1 heterocycles. The average Bonchev–Trinajstić information content (AvgIpc) is 2.85. The number of aryl methyl sites for hydroxylation is 1. The van der Waals surface area contributed by atoms with E-state index in [9.17, 15) is 8.42 Å². The molecule has 2 rings (SSSR count). The number of nitrogen functional groups attached to an aromatic ring is 1. The van der Waals surface area contributed by atoms with Crippen LogP contribution in [0.25, 0.3) is 0 Å². The van der Waals surface area contributed by atoms with Crippen LogP contribution < -0.4 is 5.73 Å². The molecular formula is C14H22N2O2S. The zero-order valence-electron chi connectivity index (χ0n) is 11.4. The van der Waals surface area contributed by atoms with Crippen molar-refractivity contribution in [2.24, 2.45) is 0 Å². The molecule has 1 aliphatic rings. The molecule has 0 saturated carbocycles. The van der Waals surface area contributed by atoms with E-state index in [0.29, 0.717) is 12.1 Å². The first kappa shape index (κ1) is 14.3. The van der Waals surface area contributed by atoms with Gasteiger partial charge in [0.2, 0.25) is 0 Å². The van der Waals surface area contributed by atoms with Gasteiger partial charge in [0.15, 0.2) is 9.84 Å². The van der Waals surface area contributed by atoms with Gasteiger partial charge in [-0.05, 0) is 63.5 Å². The van der Waals surface area contributed by atoms with Crippen molar-refractivity contribution in [3.05, 3.63) is 23.8 Å². The van der Waals surface area contributed by atoms with Crippen molar-refractivity contribution in [3.63, 3.8) is 0 Å². The van der Waals surface area contributed by atoms with Gasteiger partial charge in [0.05, 0.1) is 16.3 Å². The number of rotatable bonds is 5. The summed E-state index contributed by atoms with van der Waals surface area (Å²) < 4.78 is 24.6. The van der Waals surface area contributed by atoms with Crippen LogP contribution in [0.4, 0.5) is 5.69 Å². The van der Waals surface area contributed by atoms with Gasteiger partial charge in [0.25, 0.3) is 0 Å². The molecule has 0 bridgehead atoms. The molecule has 1 fully saturated rings. The van der Waals surface area contributed by atoms with Crippen molar-refractivity contribution in [2.75, 3.05) is 31.1 Å². The number of hydrogen-bond donors (Lipinski definition) is 1. The van der Waals surface area contributed by atoms with Crippen molar-refractivity contribution in [1.29, 1.82) is 0 Å². The summed E-state index contributed by atoms with van der Waals surface area (Å²) in [5, 5.41) is 0. The summed E-state index contributed by atoms with van der Waals surface area (Å²) in [6.45, 7) is 4.95. The smallest absolute Gasteiger partial charge is 0.180 e. The van der Waals surface area contributed by atoms with E-state index in [4.69, 9.17) is 5.73 Å². The first-order valence-electron chi connectivity index (χ1n) is 6.80. The van der Waals surface area contributed by atoms with E-state index >= 15 is 0 Å². The maximum absolute atomic E-state index is 12.3. The van der Waals surface area contributed by atoms with Gasteiger partial charge >= 0.3 is 0 Å². The van der Waals surface area contributed by atoms with Crippen LogP contribution >= 0.6 is 0 Å². The first-order chi connectivity index (χ1) is 8.99. The number of benzene rings is 1. The Bertz CT molecular complexity index is 534. The Hall–Kier alpha value is -1.07. The van der Waals surface area contributed by atoms with Crippen LogP contribution in [-0.2, 0) is 9.84 Å². The van der Waals surface area contributed by atoms with Crippen LogP contribution in [0.1, 0.15) is 24.8 Å². The summed E-state index contributed by atoms with van der Waals surface area (Å²) in [7, 11) is -3.26. The van der Waals surface area contributed by atoms with E-state index in [-0.39, 0.29) is 10.6 Å². The molecule has 0 radical (unpaired) electrons. The summed E-state index contributed by atoms with van der Waals surface area (Å²) in [6, 6.07) is 5.17. The second kappa shape index (κ2) is 5.92. The molecule has 4 nitrogen and oxygen atoms in total. The lowest BCUT2D eigenvalue weighted by atomic mass is 10.2. The maximum Gasteiger partial charge on any atom is 0.180 e. The Morgan fingerprint density at radius 1 is 1.26 bits per heavy atom. The highest BCUT2D eigenvalue weighted by molar-refractivity contribution is 7.91. The van der Waals surface area contributed by atoms with Gasteiger partial charge in [-0.15, -0.1) is 0 Å². The Labute approximate surface area is 115 Å². The fraction of sp³-hybridized carbons (Fsp3) is 0.571. The number of nitrogens with two attached hydrogens (primary N) is 1. The van der Waals surface area contributed by atoms with E-state index in [1.165, 1.54) is 12.8 Å². The highest BCUT2D eigenvalue weighted by Gasteiger charge is 2.19. The Kier molecular flexibility index (Phi) is 4.47. The zero-order valence-corrected chi connectivity index (χ0v) is 12.2. The Morgan fingerprint density at radius 2 is 1.95 bits per heavy atom. The molecule has 0 aromatic heterocycles. The van der Waals surface area contributed by atoms with E-state index in [2.05, 4.69) is 4.90 Å². The summed E-state index contributed by atoms with van der Waals surface area (Å²) in [6.07, 6.45) is 3.14. The second-order valence-corrected chi connectivity index (χ2v) is 7.34. The standard InChI is InChI=1S/C14H22N2O2S/c1-12-5-6-13(15)14(11-12)19(17,18)10-4-9-16-7-2-3-8-16/h5-6,11H,2-4,7-10,15H2,1H3. The number of likely N-dealkylation sites (tertiary alicyclic amines) is 1. The monoisotopic (exact) mass is 282 g/mol. The van der Waals surface area contributed by atoms with Crippen LogP contribution in [0.2, 0.25) is 0 Å². The molecule has 19 heavy (non-hydrogen) atoms. The maximum atomic E-state index is 12.3. The molecule has 0 spiro atoms. The third kappa shape index (κ3) is 3.70. The zero-order chi connectivity index (χ0) is 13.9. The van der Waals surface area contributed by atoms with Gasteiger partial charge in [-0.1, -0.05) is 6.07 Å². The van der Waals surface area contributed by atoms with Crippen molar-refractivity contribution >= 4 is 15.5 Å². The lowest BCUT2D eigenvalue weighted by Gasteiger charge is -2.14. The fourth-order valence-electron chi connectivity index (χ4n) is 2.51. The van der Waals surface area contributed by atoms with Crippen molar-refractivity contribution in [3.8, 4) is 0 Å². The van der Waals surface area contributed by atoms with E-state index < -0.39 is 9.84 Å². The SMILES string of the molecule is Cc1ccc(N)c(S(=O)(=O)CCCN2CCCC2)c1. The van der Waals surface area contributed by atoms with Gasteiger partial charge in [-0.25, -0.2) is 8.42 Å². The number of anilines is 1. The molecule has 0 amide bonds. The minimum absolute atomic E-state index is 0.178. The average molecular weight is 282 g/mol. The minimum atomic E-state index is -3.26. The highest BCUT2D eigenvalue weighted by Crippen LogP contribution is 2.21. The van der Waals surface area contributed by atoms with Crippen LogP contribution in [0.5, 0.6) is 0 Å². The Balaban J connectivity index is 1.99. The molecule has 5 heteroatoms. The molecule has 0 atom stereocenters. The molecule has 1 aliphatic heterocycles. The molecule has 1 aromatic rings. The van der Waals surface area contributed by atoms with Gasteiger partial charge in [0.1, 0.15) is 0 Å². The molecule has 106 valence electrons. The largest absolute Gasteiger partial charge is 0.398 e. The quantitative estimate of drug-likeness (QED) is 0.837. The normalized spacial score (nSPS) is 16.9. The predicted molar refractivity (Wildman–Crippen MR) is 77.9 cm³/mol. The molecule has 2 N–H and O–H groups in total.